The van der Waals surface area contributed by atoms with Gasteiger partial charge in [-0.2, -0.15) is 0 Å². The fourth-order valence-corrected chi connectivity index (χ4v) is 5.82. The van der Waals surface area contributed by atoms with E-state index in [1.807, 2.05) is 0 Å². The number of nitrogens with zero attached hydrogens (tertiary/aromatic N) is 2. The van der Waals surface area contributed by atoms with Crippen LogP contribution in [0.4, 0.5) is 0 Å². The van der Waals surface area contributed by atoms with Gasteiger partial charge in [0, 0.05) is 44.7 Å². The molecule has 2 heteroatoms. The predicted octanol–water partition coefficient (Wildman–Crippen LogP) is 8.49. The molecule has 2 nitrogen and oxygen atoms in total. The molecule has 2 aromatic heterocycles. The molecule has 1 aliphatic carbocycles. The summed E-state index contributed by atoms with van der Waals surface area (Å²) in [5, 5.41) is 3.91. The molecule has 0 spiro atoms. The lowest BCUT2D eigenvalue weighted by atomic mass is 9.85. The highest BCUT2D eigenvalue weighted by Crippen LogP contribution is 2.42. The average molecular weight is 439 g/mol. The second-order valence-electron chi connectivity index (χ2n) is 9.55. The molecule has 2 atom stereocenters. The van der Waals surface area contributed by atoms with Gasteiger partial charge in [0.05, 0.1) is 16.6 Å². The third-order valence-electron chi connectivity index (χ3n) is 7.66. The number of hydrogen-bond acceptors (Lipinski definition) is 0. The van der Waals surface area contributed by atoms with E-state index in [1.165, 1.54) is 55.3 Å². The van der Waals surface area contributed by atoms with E-state index in [0.29, 0.717) is 11.8 Å². The summed E-state index contributed by atoms with van der Waals surface area (Å²) in [5.74, 6) is 0.959. The molecule has 0 amide bonds. The zero-order chi connectivity index (χ0) is 22.8. The lowest BCUT2D eigenvalue weighted by Gasteiger charge is -2.25. The van der Waals surface area contributed by atoms with Crippen molar-refractivity contribution >= 4 is 38.8 Å². The molecule has 0 saturated heterocycles. The molecule has 34 heavy (non-hydrogen) atoms. The van der Waals surface area contributed by atoms with E-state index in [2.05, 4.69) is 132 Å². The van der Waals surface area contributed by atoms with Gasteiger partial charge in [-0.05, 0) is 42.3 Å². The van der Waals surface area contributed by atoms with Crippen molar-refractivity contribution in [3.63, 3.8) is 0 Å². The summed E-state index contributed by atoms with van der Waals surface area (Å²) in [6.45, 7) is 4.68. The fraction of sp³-hybridized carbons (Fsp3) is 0.125. The van der Waals surface area contributed by atoms with Crippen LogP contribution in [0.2, 0.25) is 0 Å². The van der Waals surface area contributed by atoms with E-state index < -0.39 is 0 Å². The van der Waals surface area contributed by atoms with Gasteiger partial charge in [0.25, 0.3) is 0 Å². The summed E-state index contributed by atoms with van der Waals surface area (Å²) in [5.41, 5.74) is 8.94. The fourth-order valence-electron chi connectivity index (χ4n) is 5.82. The molecule has 0 bridgehead atoms. The minimum Gasteiger partial charge on any atom is -0.313 e. The van der Waals surface area contributed by atoms with Gasteiger partial charge in [-0.3, -0.25) is 0 Å². The van der Waals surface area contributed by atoms with Crippen molar-refractivity contribution in [1.29, 1.82) is 0 Å². The van der Waals surface area contributed by atoms with Crippen molar-refractivity contribution in [2.75, 3.05) is 0 Å². The highest BCUT2D eigenvalue weighted by atomic mass is 15.0. The molecule has 164 valence electrons. The number of para-hydroxylation sites is 3. The van der Waals surface area contributed by atoms with Gasteiger partial charge < -0.3 is 9.13 Å². The van der Waals surface area contributed by atoms with Crippen molar-refractivity contribution in [2.45, 2.75) is 19.8 Å². The standard InChI is InChI=1S/C32H26N2/c1-21-18-19-28-27-14-5-8-17-31(27)34(32(28)22(21)2)24-11-9-10-23(20-24)33-29-15-6-3-12-25(29)26-13-4-7-16-30(26)33/h3-22H,1-2H3. The molecular weight excluding hydrogens is 412 g/mol. The van der Waals surface area contributed by atoms with Crippen LogP contribution >= 0.6 is 0 Å². The van der Waals surface area contributed by atoms with Gasteiger partial charge >= 0.3 is 0 Å². The summed E-state index contributed by atoms with van der Waals surface area (Å²) < 4.78 is 4.89. The molecule has 0 N–H and O–H groups in total. The molecule has 6 aromatic rings. The Balaban J connectivity index is 1.53. The minimum atomic E-state index is 0.448. The van der Waals surface area contributed by atoms with E-state index >= 15 is 0 Å². The Hall–Kier alpha value is -4.04. The average Bonchev–Trinajstić information content (AvgIpc) is 3.40. The summed E-state index contributed by atoms with van der Waals surface area (Å²) in [7, 11) is 0. The van der Waals surface area contributed by atoms with Crippen LogP contribution in [0.5, 0.6) is 0 Å². The SMILES string of the molecule is CC1C=Cc2c(n(-c3cccc(-n4c5ccccc5c5ccccc54)c3)c3ccccc23)C1C. The van der Waals surface area contributed by atoms with Gasteiger partial charge in [0.1, 0.15) is 0 Å². The van der Waals surface area contributed by atoms with Crippen LogP contribution in [0, 0.1) is 5.92 Å². The van der Waals surface area contributed by atoms with Gasteiger partial charge in [0.15, 0.2) is 0 Å². The van der Waals surface area contributed by atoms with Crippen molar-refractivity contribution in [3.05, 3.63) is 114 Å². The summed E-state index contributed by atoms with van der Waals surface area (Å²) in [4.78, 5) is 0. The van der Waals surface area contributed by atoms with Crippen LogP contribution in [-0.2, 0) is 0 Å². The van der Waals surface area contributed by atoms with Crippen LogP contribution in [-0.4, -0.2) is 9.13 Å². The molecule has 1 aliphatic rings. The van der Waals surface area contributed by atoms with E-state index in [4.69, 9.17) is 0 Å². The first kappa shape index (κ1) is 19.4. The Morgan fingerprint density at radius 1 is 0.559 bits per heavy atom. The number of allylic oxidation sites excluding steroid dienone is 1. The number of rotatable bonds is 2. The van der Waals surface area contributed by atoms with E-state index in [1.54, 1.807) is 0 Å². The molecule has 0 aliphatic heterocycles. The molecule has 7 rings (SSSR count). The molecule has 2 unspecified atom stereocenters. The third kappa shape index (κ3) is 2.63. The quantitative estimate of drug-likeness (QED) is 0.256. The van der Waals surface area contributed by atoms with Crippen molar-refractivity contribution < 1.29 is 0 Å². The minimum absolute atomic E-state index is 0.448. The van der Waals surface area contributed by atoms with Crippen LogP contribution in [0.3, 0.4) is 0 Å². The van der Waals surface area contributed by atoms with E-state index in [9.17, 15) is 0 Å². The first-order chi connectivity index (χ1) is 16.7. The highest BCUT2D eigenvalue weighted by Gasteiger charge is 2.27. The number of hydrogen-bond donors (Lipinski definition) is 0. The number of benzene rings is 4. The Morgan fingerprint density at radius 2 is 1.09 bits per heavy atom. The van der Waals surface area contributed by atoms with Crippen LogP contribution in [0.25, 0.3) is 50.2 Å². The lowest BCUT2D eigenvalue weighted by Crippen LogP contribution is -2.13. The summed E-state index contributed by atoms with van der Waals surface area (Å²) in [6.07, 6.45) is 4.69. The van der Waals surface area contributed by atoms with Gasteiger partial charge in [-0.25, -0.2) is 0 Å². The first-order valence-corrected chi connectivity index (χ1v) is 12.1. The predicted molar refractivity (Wildman–Crippen MR) is 144 cm³/mol. The second kappa shape index (κ2) is 7.23. The van der Waals surface area contributed by atoms with Crippen molar-refractivity contribution in [1.82, 2.24) is 9.13 Å². The first-order valence-electron chi connectivity index (χ1n) is 12.1. The maximum absolute atomic E-state index is 2.49. The van der Waals surface area contributed by atoms with Crippen molar-refractivity contribution in [2.24, 2.45) is 5.92 Å². The molecule has 0 fully saturated rings. The summed E-state index contributed by atoms with van der Waals surface area (Å²) in [6, 6.07) is 35.3. The zero-order valence-corrected chi connectivity index (χ0v) is 19.4. The topological polar surface area (TPSA) is 9.86 Å². The normalized spacial score (nSPS) is 17.6. The van der Waals surface area contributed by atoms with Gasteiger partial charge in [0.2, 0.25) is 0 Å². The largest absolute Gasteiger partial charge is 0.313 e. The monoisotopic (exact) mass is 438 g/mol. The Kier molecular flexibility index (Phi) is 4.13. The third-order valence-corrected chi connectivity index (χ3v) is 7.66. The maximum atomic E-state index is 2.49. The van der Waals surface area contributed by atoms with Crippen LogP contribution < -0.4 is 0 Å². The molecule has 4 aromatic carbocycles. The highest BCUT2D eigenvalue weighted by molar-refractivity contribution is 6.09. The van der Waals surface area contributed by atoms with Crippen molar-refractivity contribution in [3.8, 4) is 11.4 Å². The zero-order valence-electron chi connectivity index (χ0n) is 19.4. The van der Waals surface area contributed by atoms with E-state index in [-0.39, 0.29) is 0 Å². The van der Waals surface area contributed by atoms with Gasteiger partial charge in [-0.1, -0.05) is 86.7 Å². The maximum Gasteiger partial charge on any atom is 0.0541 e. The second-order valence-corrected chi connectivity index (χ2v) is 9.55. The van der Waals surface area contributed by atoms with Crippen LogP contribution in [0.15, 0.2) is 103 Å². The summed E-state index contributed by atoms with van der Waals surface area (Å²) >= 11 is 0. The van der Waals surface area contributed by atoms with Crippen LogP contribution in [0.1, 0.15) is 31.0 Å². The molecule has 2 heterocycles. The Bertz CT molecular complexity index is 1690. The Labute approximate surface area is 199 Å². The molecular formula is C32H26N2. The molecule has 0 saturated carbocycles. The number of aromatic nitrogens is 2. The number of fused-ring (bicyclic) bond motifs is 6. The van der Waals surface area contributed by atoms with Gasteiger partial charge in [-0.15, -0.1) is 0 Å². The smallest absolute Gasteiger partial charge is 0.0541 e. The lowest BCUT2D eigenvalue weighted by molar-refractivity contribution is 0.564. The molecule has 0 radical (unpaired) electrons. The van der Waals surface area contributed by atoms with E-state index in [0.717, 1.165) is 0 Å². The Morgan fingerprint density at radius 3 is 1.74 bits per heavy atom.